The molecule has 1 aromatic heterocycles. The Balaban J connectivity index is 2.49. The molecule has 0 aliphatic carbocycles. The molecular formula is C13H12Cl2N2O. The van der Waals surface area contributed by atoms with E-state index in [1.165, 1.54) is 6.07 Å². The maximum absolute atomic E-state index is 11.6. The molecule has 0 unspecified atom stereocenters. The van der Waals surface area contributed by atoms with Crippen LogP contribution in [0.1, 0.15) is 19.2 Å². The van der Waals surface area contributed by atoms with Crippen LogP contribution in [0.2, 0.25) is 10.0 Å². The van der Waals surface area contributed by atoms with E-state index in [0.29, 0.717) is 21.6 Å². The fourth-order valence-electron chi connectivity index (χ4n) is 1.67. The summed E-state index contributed by atoms with van der Waals surface area (Å²) >= 11 is 11.8. The first-order valence-electron chi connectivity index (χ1n) is 5.66. The Morgan fingerprint density at radius 3 is 2.67 bits per heavy atom. The summed E-state index contributed by atoms with van der Waals surface area (Å²) in [7, 11) is 0. The SMILES string of the molecule is CCCc1nc(-c2ccc(Cl)c(Cl)c2)cc(=O)[nH]1. The molecule has 2 aromatic rings. The standard InChI is InChI=1S/C13H12Cl2N2O/c1-2-3-12-16-11(7-13(18)17-12)8-4-5-9(14)10(15)6-8/h4-7H,2-3H2,1H3,(H,16,17,18). The molecule has 1 N–H and O–H groups in total. The predicted octanol–water partition coefficient (Wildman–Crippen LogP) is 3.70. The van der Waals surface area contributed by atoms with Crippen LogP contribution in [0, 0.1) is 0 Å². The van der Waals surface area contributed by atoms with Gasteiger partial charge in [0.1, 0.15) is 5.82 Å². The minimum atomic E-state index is -0.158. The van der Waals surface area contributed by atoms with Gasteiger partial charge in [-0.15, -0.1) is 0 Å². The van der Waals surface area contributed by atoms with Gasteiger partial charge in [-0.25, -0.2) is 4.98 Å². The van der Waals surface area contributed by atoms with Crippen molar-refractivity contribution in [2.24, 2.45) is 0 Å². The highest BCUT2D eigenvalue weighted by Crippen LogP contribution is 2.27. The second-order valence-corrected chi connectivity index (χ2v) is 4.77. The molecule has 0 bridgehead atoms. The first kappa shape index (κ1) is 13.1. The highest BCUT2D eigenvalue weighted by molar-refractivity contribution is 6.42. The highest BCUT2D eigenvalue weighted by atomic mass is 35.5. The van der Waals surface area contributed by atoms with Crippen molar-refractivity contribution < 1.29 is 0 Å². The number of halogens is 2. The molecule has 0 aliphatic heterocycles. The monoisotopic (exact) mass is 282 g/mol. The number of rotatable bonds is 3. The zero-order valence-corrected chi connectivity index (χ0v) is 11.3. The van der Waals surface area contributed by atoms with Crippen molar-refractivity contribution in [2.45, 2.75) is 19.8 Å². The largest absolute Gasteiger partial charge is 0.311 e. The average molecular weight is 283 g/mol. The number of aromatic nitrogens is 2. The number of aromatic amines is 1. The first-order valence-corrected chi connectivity index (χ1v) is 6.41. The summed E-state index contributed by atoms with van der Waals surface area (Å²) < 4.78 is 0. The Hall–Kier alpha value is -1.32. The van der Waals surface area contributed by atoms with Crippen LogP contribution in [0.15, 0.2) is 29.1 Å². The van der Waals surface area contributed by atoms with E-state index < -0.39 is 0 Å². The molecule has 1 heterocycles. The molecule has 5 heteroatoms. The lowest BCUT2D eigenvalue weighted by molar-refractivity contribution is 0.828. The summed E-state index contributed by atoms with van der Waals surface area (Å²) in [6.07, 6.45) is 1.66. The molecule has 0 saturated heterocycles. The van der Waals surface area contributed by atoms with E-state index in [4.69, 9.17) is 23.2 Å². The van der Waals surface area contributed by atoms with Gasteiger partial charge in [-0.2, -0.15) is 0 Å². The second-order valence-electron chi connectivity index (χ2n) is 3.96. The molecule has 1 aromatic carbocycles. The molecule has 0 fully saturated rings. The highest BCUT2D eigenvalue weighted by Gasteiger charge is 2.06. The Morgan fingerprint density at radius 2 is 2.00 bits per heavy atom. The van der Waals surface area contributed by atoms with Crippen LogP contribution in [0.5, 0.6) is 0 Å². The van der Waals surface area contributed by atoms with E-state index in [-0.39, 0.29) is 5.56 Å². The van der Waals surface area contributed by atoms with Gasteiger partial charge in [0.2, 0.25) is 0 Å². The van der Waals surface area contributed by atoms with E-state index in [0.717, 1.165) is 18.4 Å². The lowest BCUT2D eigenvalue weighted by atomic mass is 10.1. The Bertz CT molecular complexity index is 623. The fourth-order valence-corrected chi connectivity index (χ4v) is 1.96. The third kappa shape index (κ3) is 2.92. The zero-order valence-electron chi connectivity index (χ0n) is 9.84. The summed E-state index contributed by atoms with van der Waals surface area (Å²) in [5.41, 5.74) is 1.24. The van der Waals surface area contributed by atoms with Crippen LogP contribution in [0.4, 0.5) is 0 Å². The molecule has 2 rings (SSSR count). The van der Waals surface area contributed by atoms with E-state index in [9.17, 15) is 4.79 Å². The van der Waals surface area contributed by atoms with Gasteiger partial charge in [0.25, 0.3) is 5.56 Å². The van der Waals surface area contributed by atoms with E-state index in [1.54, 1.807) is 18.2 Å². The minimum Gasteiger partial charge on any atom is -0.311 e. The normalized spacial score (nSPS) is 10.6. The molecule has 0 aliphatic rings. The van der Waals surface area contributed by atoms with Gasteiger partial charge in [-0.05, 0) is 18.6 Å². The lowest BCUT2D eigenvalue weighted by Gasteiger charge is -2.05. The number of nitrogens with zero attached hydrogens (tertiary/aromatic N) is 1. The Kier molecular flexibility index (Phi) is 4.04. The quantitative estimate of drug-likeness (QED) is 0.933. The summed E-state index contributed by atoms with van der Waals surface area (Å²) in [6.45, 7) is 2.03. The van der Waals surface area contributed by atoms with Crippen molar-refractivity contribution in [3.05, 3.63) is 50.5 Å². The molecular weight excluding hydrogens is 271 g/mol. The number of H-pyrrole nitrogens is 1. The molecule has 0 radical (unpaired) electrons. The van der Waals surface area contributed by atoms with E-state index >= 15 is 0 Å². The maximum atomic E-state index is 11.6. The van der Waals surface area contributed by atoms with Crippen LogP contribution in [-0.4, -0.2) is 9.97 Å². The number of hydrogen-bond donors (Lipinski definition) is 1. The van der Waals surface area contributed by atoms with Crippen molar-refractivity contribution in [3.8, 4) is 11.3 Å². The van der Waals surface area contributed by atoms with E-state index in [1.807, 2.05) is 6.92 Å². The van der Waals surface area contributed by atoms with Gasteiger partial charge in [0.15, 0.2) is 0 Å². The molecule has 3 nitrogen and oxygen atoms in total. The van der Waals surface area contributed by atoms with Gasteiger partial charge >= 0.3 is 0 Å². The molecule has 0 amide bonds. The van der Waals surface area contributed by atoms with Crippen molar-refractivity contribution in [1.82, 2.24) is 9.97 Å². The van der Waals surface area contributed by atoms with Gasteiger partial charge in [-0.1, -0.05) is 36.2 Å². The van der Waals surface area contributed by atoms with Crippen molar-refractivity contribution in [2.75, 3.05) is 0 Å². The van der Waals surface area contributed by atoms with Gasteiger partial charge in [0, 0.05) is 18.1 Å². The van der Waals surface area contributed by atoms with Crippen molar-refractivity contribution in [1.29, 1.82) is 0 Å². The molecule has 18 heavy (non-hydrogen) atoms. The fraction of sp³-hybridized carbons (Fsp3) is 0.231. The summed E-state index contributed by atoms with van der Waals surface area (Å²) in [6, 6.07) is 6.66. The summed E-state index contributed by atoms with van der Waals surface area (Å²) in [5, 5.41) is 0.937. The van der Waals surface area contributed by atoms with Crippen LogP contribution < -0.4 is 5.56 Å². The summed E-state index contributed by atoms with van der Waals surface area (Å²) in [5.74, 6) is 0.686. The number of benzene rings is 1. The third-order valence-corrected chi connectivity index (χ3v) is 3.23. The predicted molar refractivity (Wildman–Crippen MR) is 74.3 cm³/mol. The number of hydrogen-bond acceptors (Lipinski definition) is 2. The van der Waals surface area contributed by atoms with E-state index in [2.05, 4.69) is 9.97 Å². The second kappa shape index (κ2) is 5.55. The number of nitrogens with one attached hydrogen (secondary N) is 1. The molecule has 0 spiro atoms. The van der Waals surface area contributed by atoms with Crippen LogP contribution in [0.25, 0.3) is 11.3 Å². The van der Waals surface area contributed by atoms with Gasteiger partial charge in [0.05, 0.1) is 15.7 Å². The smallest absolute Gasteiger partial charge is 0.251 e. The van der Waals surface area contributed by atoms with Crippen LogP contribution in [-0.2, 0) is 6.42 Å². The van der Waals surface area contributed by atoms with Gasteiger partial charge < -0.3 is 4.98 Å². The first-order chi connectivity index (χ1) is 8.60. The maximum Gasteiger partial charge on any atom is 0.251 e. The topological polar surface area (TPSA) is 45.8 Å². The molecule has 0 saturated carbocycles. The number of aryl methyl sites for hydroxylation is 1. The Labute approximate surface area is 115 Å². The Morgan fingerprint density at radius 1 is 1.22 bits per heavy atom. The molecule has 0 atom stereocenters. The van der Waals surface area contributed by atoms with Crippen LogP contribution in [0.3, 0.4) is 0 Å². The summed E-state index contributed by atoms with van der Waals surface area (Å²) in [4.78, 5) is 18.7. The van der Waals surface area contributed by atoms with Gasteiger partial charge in [-0.3, -0.25) is 4.79 Å². The molecule has 94 valence electrons. The zero-order chi connectivity index (χ0) is 13.1. The van der Waals surface area contributed by atoms with Crippen LogP contribution >= 0.6 is 23.2 Å². The third-order valence-electron chi connectivity index (χ3n) is 2.49. The average Bonchev–Trinajstić information content (AvgIpc) is 2.32. The van der Waals surface area contributed by atoms with Crippen molar-refractivity contribution in [3.63, 3.8) is 0 Å². The minimum absolute atomic E-state index is 0.158. The van der Waals surface area contributed by atoms with Crippen molar-refractivity contribution >= 4 is 23.2 Å². The lowest BCUT2D eigenvalue weighted by Crippen LogP contribution is -2.10.